The quantitative estimate of drug-likeness (QED) is 0.666. The number of rotatable bonds is 5. The van der Waals surface area contributed by atoms with Crippen LogP contribution in [0.15, 0.2) is 36.7 Å². The fraction of sp³-hybridized carbons (Fsp3) is 0.235. The Kier molecular flexibility index (Phi) is 5.55. The van der Waals surface area contributed by atoms with Gasteiger partial charge in [0.2, 0.25) is 5.91 Å². The highest BCUT2D eigenvalue weighted by Crippen LogP contribution is 2.27. The summed E-state index contributed by atoms with van der Waals surface area (Å²) in [6.45, 7) is 3.97. The lowest BCUT2D eigenvalue weighted by atomic mass is 10.2. The fourth-order valence-electron chi connectivity index (χ4n) is 2.53. The predicted molar refractivity (Wildman–Crippen MR) is 103 cm³/mol. The molecule has 1 N–H and O–H groups in total. The molecule has 9 heteroatoms. The van der Waals surface area contributed by atoms with Gasteiger partial charge in [-0.25, -0.2) is 0 Å². The molecule has 1 unspecified atom stereocenters. The molecule has 0 aliphatic heterocycles. The van der Waals surface area contributed by atoms with Crippen molar-refractivity contribution in [3.05, 3.63) is 63.0 Å². The van der Waals surface area contributed by atoms with E-state index in [-0.39, 0.29) is 11.7 Å². The highest BCUT2D eigenvalue weighted by atomic mass is 35.5. The Bertz CT molecular complexity index is 930. The third-order valence-electron chi connectivity index (χ3n) is 3.95. The van der Waals surface area contributed by atoms with Crippen molar-refractivity contribution in [3.8, 4) is 0 Å². The van der Waals surface area contributed by atoms with Gasteiger partial charge in [-0.3, -0.25) is 14.2 Å². The largest absolute Gasteiger partial charge is 0.306 e. The summed E-state index contributed by atoms with van der Waals surface area (Å²) in [6.07, 6.45) is 3.26. The number of carbonyl (C=O) groups excluding carboxylic acids is 1. The van der Waals surface area contributed by atoms with Gasteiger partial charge in [-0.2, -0.15) is 10.2 Å². The lowest BCUT2D eigenvalue weighted by Gasteiger charge is -2.13. The van der Waals surface area contributed by atoms with E-state index in [1.165, 1.54) is 0 Å². The molecular formula is C17H16Cl3N5O. The van der Waals surface area contributed by atoms with Crippen LogP contribution in [0.25, 0.3) is 0 Å². The molecule has 1 aromatic carbocycles. The summed E-state index contributed by atoms with van der Waals surface area (Å²) in [4.78, 5) is 12.5. The van der Waals surface area contributed by atoms with Crippen LogP contribution in [0, 0.1) is 6.92 Å². The molecule has 26 heavy (non-hydrogen) atoms. The first-order valence-electron chi connectivity index (χ1n) is 7.83. The number of halogens is 3. The van der Waals surface area contributed by atoms with Gasteiger partial charge in [0.15, 0.2) is 5.82 Å². The van der Waals surface area contributed by atoms with Gasteiger partial charge in [-0.15, -0.1) is 0 Å². The van der Waals surface area contributed by atoms with Gasteiger partial charge >= 0.3 is 0 Å². The Morgan fingerprint density at radius 2 is 1.88 bits per heavy atom. The lowest BCUT2D eigenvalue weighted by molar-refractivity contribution is -0.119. The number of benzene rings is 1. The Morgan fingerprint density at radius 1 is 1.19 bits per heavy atom. The van der Waals surface area contributed by atoms with Crippen molar-refractivity contribution in [1.82, 2.24) is 19.6 Å². The average Bonchev–Trinajstić information content (AvgIpc) is 3.16. The van der Waals surface area contributed by atoms with E-state index in [1.54, 1.807) is 46.9 Å². The van der Waals surface area contributed by atoms with E-state index in [4.69, 9.17) is 34.8 Å². The average molecular weight is 413 g/mol. The maximum Gasteiger partial charge on any atom is 0.250 e. The molecule has 3 aromatic rings. The first-order valence-corrected chi connectivity index (χ1v) is 8.97. The first kappa shape index (κ1) is 18.8. The number of aromatic nitrogens is 4. The van der Waals surface area contributed by atoms with E-state index in [0.29, 0.717) is 21.6 Å². The van der Waals surface area contributed by atoms with Crippen LogP contribution in [-0.4, -0.2) is 25.5 Å². The van der Waals surface area contributed by atoms with Crippen molar-refractivity contribution >= 4 is 46.5 Å². The van der Waals surface area contributed by atoms with Crippen molar-refractivity contribution in [1.29, 1.82) is 0 Å². The number of aryl methyl sites for hydroxylation is 1. The molecule has 1 amide bonds. The van der Waals surface area contributed by atoms with Gasteiger partial charge in [0, 0.05) is 33.7 Å². The molecule has 6 nitrogen and oxygen atoms in total. The van der Waals surface area contributed by atoms with Crippen molar-refractivity contribution in [2.45, 2.75) is 26.4 Å². The van der Waals surface area contributed by atoms with Crippen molar-refractivity contribution in [2.75, 3.05) is 5.32 Å². The molecular weight excluding hydrogens is 397 g/mol. The second-order valence-electron chi connectivity index (χ2n) is 5.81. The summed E-state index contributed by atoms with van der Waals surface area (Å²) in [5.41, 5.74) is 1.62. The van der Waals surface area contributed by atoms with E-state index in [9.17, 15) is 4.79 Å². The number of carbonyl (C=O) groups is 1. The summed E-state index contributed by atoms with van der Waals surface area (Å²) in [5.74, 6) is 0.0104. The van der Waals surface area contributed by atoms with Crippen LogP contribution in [0.4, 0.5) is 5.82 Å². The van der Waals surface area contributed by atoms with Crippen LogP contribution in [0.5, 0.6) is 0 Å². The third-order valence-corrected chi connectivity index (χ3v) is 4.94. The van der Waals surface area contributed by atoms with E-state index in [0.717, 1.165) is 11.3 Å². The first-order chi connectivity index (χ1) is 12.4. The zero-order valence-electron chi connectivity index (χ0n) is 14.1. The molecule has 0 saturated heterocycles. The van der Waals surface area contributed by atoms with Crippen LogP contribution >= 0.6 is 34.8 Å². The summed E-state index contributed by atoms with van der Waals surface area (Å²) < 4.78 is 3.21. The maximum absolute atomic E-state index is 12.5. The van der Waals surface area contributed by atoms with E-state index in [2.05, 4.69) is 15.5 Å². The topological polar surface area (TPSA) is 64.7 Å². The molecule has 0 fully saturated rings. The van der Waals surface area contributed by atoms with E-state index < -0.39 is 6.04 Å². The van der Waals surface area contributed by atoms with Crippen molar-refractivity contribution < 1.29 is 4.79 Å². The Morgan fingerprint density at radius 3 is 2.50 bits per heavy atom. The number of hydrogen-bond donors (Lipinski definition) is 1. The zero-order chi connectivity index (χ0) is 18.8. The van der Waals surface area contributed by atoms with Crippen LogP contribution in [0.2, 0.25) is 15.1 Å². The highest BCUT2D eigenvalue weighted by molar-refractivity contribution is 6.36. The number of hydrogen-bond acceptors (Lipinski definition) is 3. The van der Waals surface area contributed by atoms with Crippen LogP contribution < -0.4 is 5.32 Å². The third kappa shape index (κ3) is 3.87. The molecule has 2 aromatic heterocycles. The molecule has 0 saturated carbocycles. The maximum atomic E-state index is 12.5. The van der Waals surface area contributed by atoms with Crippen LogP contribution in [0.3, 0.4) is 0 Å². The molecule has 3 rings (SSSR count). The molecule has 0 aliphatic carbocycles. The fourth-order valence-corrected chi connectivity index (χ4v) is 3.24. The number of nitrogens with one attached hydrogen (secondary N) is 1. The number of amides is 1. The van der Waals surface area contributed by atoms with Gasteiger partial charge in [0.1, 0.15) is 11.1 Å². The number of nitrogens with zero attached hydrogens (tertiary/aromatic N) is 4. The summed E-state index contributed by atoms with van der Waals surface area (Å²) >= 11 is 18.6. The van der Waals surface area contributed by atoms with Gasteiger partial charge in [-0.1, -0.05) is 40.9 Å². The summed E-state index contributed by atoms with van der Waals surface area (Å²) in [6, 6.07) is 6.62. The standard InChI is InChI=1S/C17H16Cl3N5O/c1-10-6-7-21-25(10)11(2)17(26)22-16-15(20)9-24(23-16)8-12-13(18)4-3-5-14(12)19/h3-7,9,11H,8H2,1-2H3,(H,22,23,26). The van der Waals surface area contributed by atoms with Gasteiger partial charge < -0.3 is 5.32 Å². The number of anilines is 1. The van der Waals surface area contributed by atoms with Crippen LogP contribution in [0.1, 0.15) is 24.2 Å². The Labute approximate surface area is 165 Å². The smallest absolute Gasteiger partial charge is 0.250 e. The van der Waals surface area contributed by atoms with Gasteiger partial charge in [0.05, 0.1) is 6.54 Å². The molecule has 0 aliphatic rings. The second kappa shape index (κ2) is 7.70. The van der Waals surface area contributed by atoms with Crippen LogP contribution in [-0.2, 0) is 11.3 Å². The van der Waals surface area contributed by atoms with Gasteiger partial charge in [0.25, 0.3) is 0 Å². The predicted octanol–water partition coefficient (Wildman–Crippen LogP) is 4.60. The Balaban J connectivity index is 1.76. The lowest BCUT2D eigenvalue weighted by Crippen LogP contribution is -2.25. The van der Waals surface area contributed by atoms with Crippen molar-refractivity contribution in [2.24, 2.45) is 0 Å². The van der Waals surface area contributed by atoms with Gasteiger partial charge in [-0.05, 0) is 32.0 Å². The zero-order valence-corrected chi connectivity index (χ0v) is 16.3. The van der Waals surface area contributed by atoms with Crippen molar-refractivity contribution in [3.63, 3.8) is 0 Å². The van der Waals surface area contributed by atoms with E-state index in [1.807, 2.05) is 13.0 Å². The Hall–Kier alpha value is -2.02. The minimum absolute atomic E-state index is 0.264. The second-order valence-corrected chi connectivity index (χ2v) is 7.03. The highest BCUT2D eigenvalue weighted by Gasteiger charge is 2.20. The molecule has 2 heterocycles. The monoisotopic (exact) mass is 411 g/mol. The normalized spacial score (nSPS) is 12.2. The molecule has 0 spiro atoms. The molecule has 0 bridgehead atoms. The minimum atomic E-state index is -0.496. The molecule has 1 atom stereocenters. The minimum Gasteiger partial charge on any atom is -0.306 e. The molecule has 136 valence electrons. The molecule has 0 radical (unpaired) electrons. The SMILES string of the molecule is Cc1ccnn1C(C)C(=O)Nc1nn(Cc2c(Cl)cccc2Cl)cc1Cl. The van der Waals surface area contributed by atoms with E-state index >= 15 is 0 Å². The summed E-state index contributed by atoms with van der Waals surface area (Å²) in [7, 11) is 0. The summed E-state index contributed by atoms with van der Waals surface area (Å²) in [5, 5.41) is 12.6.